The van der Waals surface area contributed by atoms with E-state index in [1.807, 2.05) is 12.1 Å². The van der Waals surface area contributed by atoms with Gasteiger partial charge in [-0.25, -0.2) is 9.59 Å². The molecule has 4 amide bonds. The van der Waals surface area contributed by atoms with Crippen molar-refractivity contribution in [3.63, 3.8) is 0 Å². The quantitative estimate of drug-likeness (QED) is 0.607. The molecule has 0 unspecified atom stereocenters. The van der Waals surface area contributed by atoms with Gasteiger partial charge in [-0.15, -0.1) is 0 Å². The Morgan fingerprint density at radius 3 is 2.24 bits per heavy atom. The lowest BCUT2D eigenvalue weighted by Crippen LogP contribution is -2.36. The Hall–Kier alpha value is -1.54. The zero-order chi connectivity index (χ0) is 16.0. The molecule has 8 heteroatoms. The lowest BCUT2D eigenvalue weighted by Gasteiger charge is -2.19. The van der Waals surface area contributed by atoms with Gasteiger partial charge in [0.15, 0.2) is 5.17 Å². The number of amides is 4. The lowest BCUT2D eigenvalue weighted by molar-refractivity contribution is 0.227. The molecule has 0 saturated heterocycles. The summed E-state index contributed by atoms with van der Waals surface area (Å²) in [6.45, 7) is 0. The van der Waals surface area contributed by atoms with Gasteiger partial charge in [-0.3, -0.25) is 4.90 Å². The lowest BCUT2D eigenvalue weighted by atomic mass is 10.3. The van der Waals surface area contributed by atoms with Crippen LogP contribution in [0, 0.1) is 0 Å². The van der Waals surface area contributed by atoms with E-state index < -0.39 is 6.03 Å². The van der Waals surface area contributed by atoms with Crippen molar-refractivity contribution >= 4 is 50.6 Å². The van der Waals surface area contributed by atoms with Gasteiger partial charge in [0, 0.05) is 31.3 Å². The summed E-state index contributed by atoms with van der Waals surface area (Å²) in [5, 5.41) is 3.06. The second kappa shape index (κ2) is 8.04. The van der Waals surface area contributed by atoms with Crippen LogP contribution in [0.1, 0.15) is 0 Å². The molecule has 6 nitrogen and oxygen atoms in total. The highest BCUT2D eigenvalue weighted by Crippen LogP contribution is 2.15. The Morgan fingerprint density at radius 1 is 1.19 bits per heavy atom. The molecule has 0 radical (unpaired) electrons. The van der Waals surface area contributed by atoms with Gasteiger partial charge in [0.25, 0.3) is 0 Å². The maximum Gasteiger partial charge on any atom is 0.345 e. The van der Waals surface area contributed by atoms with Gasteiger partial charge in [-0.1, -0.05) is 27.7 Å². The highest BCUT2D eigenvalue weighted by atomic mass is 79.9. The molecule has 0 spiro atoms. The van der Waals surface area contributed by atoms with E-state index in [9.17, 15) is 9.59 Å². The minimum absolute atomic E-state index is 0.323. The van der Waals surface area contributed by atoms with E-state index in [1.165, 1.54) is 21.6 Å². The highest BCUT2D eigenvalue weighted by molar-refractivity contribution is 9.10. The number of hydrogen-bond acceptors (Lipinski definition) is 3. The Kier molecular flexibility index (Phi) is 6.70. The third kappa shape index (κ3) is 5.39. The molecule has 0 fully saturated rings. The summed E-state index contributed by atoms with van der Waals surface area (Å²) < 4.78 is 0.928. The second-order valence-corrected chi connectivity index (χ2v) is 5.96. The molecule has 0 aromatic heterocycles. The predicted octanol–water partition coefficient (Wildman–Crippen LogP) is 3.31. The van der Waals surface area contributed by atoms with E-state index in [1.54, 1.807) is 39.5 Å². The summed E-state index contributed by atoms with van der Waals surface area (Å²) in [4.78, 5) is 30.3. The van der Waals surface area contributed by atoms with Crippen molar-refractivity contribution < 1.29 is 9.59 Å². The Morgan fingerprint density at radius 2 is 1.76 bits per heavy atom. The van der Waals surface area contributed by atoms with Gasteiger partial charge in [-0.05, 0) is 30.5 Å². The number of hydrogen-bond donors (Lipinski definition) is 1. The Labute approximate surface area is 136 Å². The summed E-state index contributed by atoms with van der Waals surface area (Å²) in [7, 11) is 4.77. The maximum absolute atomic E-state index is 12.1. The van der Waals surface area contributed by atoms with E-state index in [0.717, 1.165) is 4.47 Å². The van der Waals surface area contributed by atoms with Crippen LogP contribution in [0.25, 0.3) is 0 Å². The normalized spacial score (nSPS) is 11.0. The first kappa shape index (κ1) is 17.5. The molecule has 1 rings (SSSR count). The molecule has 0 aliphatic carbocycles. The molecule has 21 heavy (non-hydrogen) atoms. The van der Waals surface area contributed by atoms with Crippen molar-refractivity contribution in [3.8, 4) is 0 Å². The number of nitrogens with one attached hydrogen (secondary N) is 1. The molecule has 1 N–H and O–H groups in total. The molecule has 0 saturated carbocycles. The number of benzene rings is 1. The van der Waals surface area contributed by atoms with Crippen LogP contribution in [0.3, 0.4) is 0 Å². The van der Waals surface area contributed by atoms with Crippen molar-refractivity contribution in [2.45, 2.75) is 0 Å². The fourth-order valence-electron chi connectivity index (χ4n) is 1.27. The van der Waals surface area contributed by atoms with Gasteiger partial charge >= 0.3 is 12.1 Å². The average molecular weight is 373 g/mol. The molecular formula is C13H17BrN4O2S. The second-order valence-electron chi connectivity index (χ2n) is 4.27. The molecule has 0 bridgehead atoms. The number of carbonyl (C=O) groups is 2. The van der Waals surface area contributed by atoms with E-state index in [0.29, 0.717) is 10.9 Å². The first-order valence-corrected chi connectivity index (χ1v) is 8.01. The van der Waals surface area contributed by atoms with Crippen LogP contribution < -0.4 is 5.32 Å². The fraction of sp³-hybridized carbons (Fsp3) is 0.308. The van der Waals surface area contributed by atoms with Crippen LogP contribution in [-0.2, 0) is 0 Å². The van der Waals surface area contributed by atoms with E-state index in [4.69, 9.17) is 0 Å². The molecule has 0 aliphatic heterocycles. The molecular weight excluding hydrogens is 356 g/mol. The summed E-state index contributed by atoms with van der Waals surface area (Å²) in [5.41, 5.74) is 0.662. The van der Waals surface area contributed by atoms with Gasteiger partial charge in [0.2, 0.25) is 0 Å². The molecule has 1 aromatic rings. The first-order valence-electron chi connectivity index (χ1n) is 5.99. The smallest absolute Gasteiger partial charge is 0.329 e. The number of rotatable bonds is 1. The maximum atomic E-state index is 12.1. The van der Waals surface area contributed by atoms with Crippen LogP contribution in [0.2, 0.25) is 0 Å². The van der Waals surface area contributed by atoms with Crippen molar-refractivity contribution in [3.05, 3.63) is 28.7 Å². The Bertz CT molecular complexity index is 546. The number of anilines is 1. The number of carbonyl (C=O) groups excluding carboxylic acids is 2. The standard InChI is InChI=1S/C13H17BrN4O2S/c1-17(2)11(19)16-13(21-4)18(3)12(20)15-10-7-5-9(14)6-8-10/h5-8H,1-4H3,(H,15,20). The van der Waals surface area contributed by atoms with Gasteiger partial charge in [-0.2, -0.15) is 4.99 Å². The predicted molar refractivity (Wildman–Crippen MR) is 91.0 cm³/mol. The first-order chi connectivity index (χ1) is 9.85. The SMILES string of the molecule is CSC(=NC(=O)N(C)C)N(C)C(=O)Nc1ccc(Br)cc1. The number of halogens is 1. The summed E-state index contributed by atoms with van der Waals surface area (Å²) in [5.74, 6) is 0. The molecule has 0 atom stereocenters. The van der Waals surface area contributed by atoms with Crippen LogP contribution in [0.5, 0.6) is 0 Å². The Balaban J connectivity index is 2.80. The van der Waals surface area contributed by atoms with Crippen molar-refractivity contribution in [1.29, 1.82) is 0 Å². The highest BCUT2D eigenvalue weighted by Gasteiger charge is 2.16. The minimum Gasteiger partial charge on any atom is -0.329 e. The summed E-state index contributed by atoms with van der Waals surface area (Å²) >= 11 is 4.55. The van der Waals surface area contributed by atoms with E-state index in [-0.39, 0.29) is 6.03 Å². The molecule has 1 aromatic carbocycles. The number of aliphatic imine (C=N–C) groups is 1. The summed E-state index contributed by atoms with van der Waals surface area (Å²) in [6, 6.07) is 6.43. The largest absolute Gasteiger partial charge is 0.345 e. The third-order valence-electron chi connectivity index (χ3n) is 2.44. The third-order valence-corrected chi connectivity index (χ3v) is 3.70. The average Bonchev–Trinajstić information content (AvgIpc) is 2.45. The monoisotopic (exact) mass is 372 g/mol. The van der Waals surface area contributed by atoms with Crippen LogP contribution in [0.15, 0.2) is 33.7 Å². The van der Waals surface area contributed by atoms with E-state index in [2.05, 4.69) is 26.2 Å². The van der Waals surface area contributed by atoms with Crippen molar-refractivity contribution in [2.24, 2.45) is 4.99 Å². The number of amidine groups is 1. The molecule has 0 heterocycles. The molecule has 114 valence electrons. The topological polar surface area (TPSA) is 65.0 Å². The van der Waals surface area contributed by atoms with Crippen LogP contribution in [-0.4, -0.2) is 54.4 Å². The van der Waals surface area contributed by atoms with Crippen LogP contribution in [0.4, 0.5) is 15.3 Å². The minimum atomic E-state index is -0.414. The number of urea groups is 2. The van der Waals surface area contributed by atoms with E-state index >= 15 is 0 Å². The zero-order valence-corrected chi connectivity index (χ0v) is 14.7. The summed E-state index contributed by atoms with van der Waals surface area (Å²) in [6.07, 6.45) is 1.76. The fourth-order valence-corrected chi connectivity index (χ4v) is 2.06. The van der Waals surface area contributed by atoms with Crippen molar-refractivity contribution in [1.82, 2.24) is 9.80 Å². The number of nitrogens with zero attached hydrogens (tertiary/aromatic N) is 3. The van der Waals surface area contributed by atoms with Gasteiger partial charge < -0.3 is 10.2 Å². The van der Waals surface area contributed by atoms with Gasteiger partial charge in [0.1, 0.15) is 0 Å². The zero-order valence-electron chi connectivity index (χ0n) is 12.3. The van der Waals surface area contributed by atoms with Gasteiger partial charge in [0.05, 0.1) is 0 Å². The van der Waals surface area contributed by atoms with Crippen LogP contribution >= 0.6 is 27.7 Å². The number of thioether (sulfide) groups is 1. The van der Waals surface area contributed by atoms with Crippen molar-refractivity contribution in [2.75, 3.05) is 32.7 Å². The molecule has 0 aliphatic rings.